The van der Waals surface area contributed by atoms with Crippen LogP contribution in [0.2, 0.25) is 0 Å². The van der Waals surface area contributed by atoms with Crippen LogP contribution in [0.4, 0.5) is 0 Å². The highest BCUT2D eigenvalue weighted by molar-refractivity contribution is 7.11. The van der Waals surface area contributed by atoms with Gasteiger partial charge in [0, 0.05) is 30.2 Å². The summed E-state index contributed by atoms with van der Waals surface area (Å²) in [5.41, 5.74) is 1.03. The van der Waals surface area contributed by atoms with Gasteiger partial charge in [-0.3, -0.25) is 10.1 Å². The number of nitrogens with one attached hydrogen (secondary N) is 1. The average Bonchev–Trinajstić information content (AvgIpc) is 3.07. The monoisotopic (exact) mass is 343 g/mol. The zero-order chi connectivity index (χ0) is 16.9. The summed E-state index contributed by atoms with van der Waals surface area (Å²) in [6.45, 7) is 5.86. The van der Waals surface area contributed by atoms with Crippen LogP contribution in [0.5, 0.6) is 0 Å². The van der Waals surface area contributed by atoms with Crippen LogP contribution < -0.4 is 5.32 Å². The van der Waals surface area contributed by atoms with Crippen LogP contribution in [0.3, 0.4) is 0 Å². The van der Waals surface area contributed by atoms with Crippen molar-refractivity contribution in [2.24, 2.45) is 0 Å². The number of benzene rings is 1. The SMILES string of the molecule is Cc1ncc([C@H](C)N[C@@H](C(=O)N2CCCCC2)c2ccccc2)s1. The van der Waals surface area contributed by atoms with E-state index in [4.69, 9.17) is 0 Å². The van der Waals surface area contributed by atoms with Crippen LogP contribution in [0, 0.1) is 6.92 Å². The molecule has 24 heavy (non-hydrogen) atoms. The van der Waals surface area contributed by atoms with E-state index >= 15 is 0 Å². The van der Waals surface area contributed by atoms with Crippen LogP contribution in [0.1, 0.15) is 53.7 Å². The van der Waals surface area contributed by atoms with E-state index in [1.807, 2.05) is 48.4 Å². The number of piperidine rings is 1. The van der Waals surface area contributed by atoms with E-state index in [1.54, 1.807) is 11.3 Å². The Balaban J connectivity index is 1.80. The van der Waals surface area contributed by atoms with Gasteiger partial charge in [0.05, 0.1) is 5.01 Å². The first-order valence-electron chi connectivity index (χ1n) is 8.67. The maximum Gasteiger partial charge on any atom is 0.244 e. The summed E-state index contributed by atoms with van der Waals surface area (Å²) in [7, 11) is 0. The van der Waals surface area contributed by atoms with Crippen LogP contribution in [-0.2, 0) is 4.79 Å². The Labute approximate surface area is 147 Å². The van der Waals surface area contributed by atoms with Gasteiger partial charge in [-0.05, 0) is 38.7 Å². The Morgan fingerprint density at radius 2 is 1.92 bits per heavy atom. The summed E-state index contributed by atoms with van der Waals surface area (Å²) in [6, 6.07) is 9.83. The molecule has 0 bridgehead atoms. The van der Waals surface area contributed by atoms with Gasteiger partial charge in [0.1, 0.15) is 6.04 Å². The second kappa shape index (κ2) is 7.90. The number of nitrogens with zero attached hydrogens (tertiary/aromatic N) is 2. The van der Waals surface area contributed by atoms with Crippen LogP contribution >= 0.6 is 11.3 Å². The largest absolute Gasteiger partial charge is 0.341 e. The fourth-order valence-corrected chi connectivity index (χ4v) is 3.96. The molecule has 2 heterocycles. The topological polar surface area (TPSA) is 45.2 Å². The van der Waals surface area contributed by atoms with Gasteiger partial charge in [0.15, 0.2) is 0 Å². The number of carbonyl (C=O) groups excluding carboxylic acids is 1. The molecule has 1 fully saturated rings. The number of amides is 1. The highest BCUT2D eigenvalue weighted by atomic mass is 32.1. The van der Waals surface area contributed by atoms with Crippen LogP contribution in [-0.4, -0.2) is 28.9 Å². The number of hydrogen-bond acceptors (Lipinski definition) is 4. The summed E-state index contributed by atoms with van der Waals surface area (Å²) in [5, 5.41) is 4.59. The second-order valence-electron chi connectivity index (χ2n) is 6.40. The molecule has 1 saturated heterocycles. The summed E-state index contributed by atoms with van der Waals surface area (Å²) in [5.74, 6) is 0.189. The van der Waals surface area contributed by atoms with Gasteiger partial charge in [-0.2, -0.15) is 0 Å². The van der Waals surface area contributed by atoms with Gasteiger partial charge in [-0.25, -0.2) is 4.98 Å². The first-order valence-corrected chi connectivity index (χ1v) is 9.49. The Morgan fingerprint density at radius 3 is 2.54 bits per heavy atom. The maximum absolute atomic E-state index is 13.1. The maximum atomic E-state index is 13.1. The van der Waals surface area contributed by atoms with Crippen molar-refractivity contribution in [2.75, 3.05) is 13.1 Å². The summed E-state index contributed by atoms with van der Waals surface area (Å²) >= 11 is 1.68. The van der Waals surface area contributed by atoms with Crippen molar-refractivity contribution in [1.29, 1.82) is 0 Å². The number of rotatable bonds is 5. The Bertz CT molecular complexity index is 664. The molecule has 0 radical (unpaired) electrons. The molecule has 0 unspecified atom stereocenters. The van der Waals surface area contributed by atoms with Gasteiger partial charge < -0.3 is 4.90 Å². The van der Waals surface area contributed by atoms with E-state index in [2.05, 4.69) is 17.2 Å². The van der Waals surface area contributed by atoms with E-state index in [0.717, 1.165) is 36.5 Å². The molecule has 1 aliphatic heterocycles. The number of thiazole rings is 1. The van der Waals surface area contributed by atoms with Gasteiger partial charge in [-0.1, -0.05) is 30.3 Å². The van der Waals surface area contributed by atoms with Crippen LogP contribution in [0.25, 0.3) is 0 Å². The highest BCUT2D eigenvalue weighted by Crippen LogP contribution is 2.26. The Kier molecular flexibility index (Phi) is 5.63. The fourth-order valence-electron chi connectivity index (χ4n) is 3.16. The molecule has 1 N–H and O–H groups in total. The molecule has 1 amide bonds. The summed E-state index contributed by atoms with van der Waals surface area (Å²) < 4.78 is 0. The van der Waals surface area contributed by atoms with Crippen molar-refractivity contribution >= 4 is 17.2 Å². The highest BCUT2D eigenvalue weighted by Gasteiger charge is 2.28. The molecule has 0 spiro atoms. The van der Waals surface area contributed by atoms with Crippen molar-refractivity contribution in [2.45, 2.75) is 45.2 Å². The third kappa shape index (κ3) is 4.02. The van der Waals surface area contributed by atoms with E-state index in [1.165, 1.54) is 11.3 Å². The molecule has 3 rings (SSSR count). The van der Waals surface area contributed by atoms with E-state index in [-0.39, 0.29) is 18.0 Å². The third-order valence-electron chi connectivity index (χ3n) is 4.53. The molecule has 2 atom stereocenters. The number of hydrogen-bond donors (Lipinski definition) is 1. The number of likely N-dealkylation sites (tertiary alicyclic amines) is 1. The van der Waals surface area contributed by atoms with Gasteiger partial charge in [-0.15, -0.1) is 11.3 Å². The van der Waals surface area contributed by atoms with Gasteiger partial charge in [0.25, 0.3) is 0 Å². The third-order valence-corrected chi connectivity index (χ3v) is 5.63. The predicted molar refractivity (Wildman–Crippen MR) is 98.0 cm³/mol. The molecular weight excluding hydrogens is 318 g/mol. The number of aromatic nitrogens is 1. The van der Waals surface area contributed by atoms with Crippen molar-refractivity contribution in [3.8, 4) is 0 Å². The van der Waals surface area contributed by atoms with E-state index < -0.39 is 0 Å². The van der Waals surface area contributed by atoms with Crippen molar-refractivity contribution in [1.82, 2.24) is 15.2 Å². The molecule has 128 valence electrons. The lowest BCUT2D eigenvalue weighted by atomic mass is 10.0. The zero-order valence-electron chi connectivity index (χ0n) is 14.4. The van der Waals surface area contributed by atoms with Gasteiger partial charge >= 0.3 is 0 Å². The Hall–Kier alpha value is -1.72. The first kappa shape index (κ1) is 17.1. The van der Waals surface area contributed by atoms with Crippen molar-refractivity contribution in [3.63, 3.8) is 0 Å². The normalized spacial score (nSPS) is 17.5. The quantitative estimate of drug-likeness (QED) is 0.897. The predicted octanol–water partition coefficient (Wildman–Crippen LogP) is 3.86. The first-order chi connectivity index (χ1) is 11.6. The average molecular weight is 343 g/mol. The lowest BCUT2D eigenvalue weighted by molar-refractivity contribution is -0.134. The standard InChI is InChI=1S/C19H25N3OS/c1-14(17-13-20-15(2)24-17)21-18(16-9-5-3-6-10-16)19(23)22-11-7-4-8-12-22/h3,5-6,9-10,13-14,18,21H,4,7-8,11-12H2,1-2H3/t14-,18+/m0/s1. The van der Waals surface area contributed by atoms with Crippen LogP contribution in [0.15, 0.2) is 36.5 Å². The minimum absolute atomic E-state index is 0.0927. The zero-order valence-corrected chi connectivity index (χ0v) is 15.2. The molecule has 4 nitrogen and oxygen atoms in total. The van der Waals surface area contributed by atoms with E-state index in [0.29, 0.717) is 0 Å². The van der Waals surface area contributed by atoms with Gasteiger partial charge in [0.2, 0.25) is 5.91 Å². The summed E-state index contributed by atoms with van der Waals surface area (Å²) in [4.78, 5) is 20.6. The van der Waals surface area contributed by atoms with Crippen molar-refractivity contribution in [3.05, 3.63) is 52.0 Å². The fraction of sp³-hybridized carbons (Fsp3) is 0.474. The lowest BCUT2D eigenvalue weighted by Gasteiger charge is -2.32. The number of carbonyl (C=O) groups is 1. The lowest BCUT2D eigenvalue weighted by Crippen LogP contribution is -2.43. The molecule has 0 saturated carbocycles. The molecule has 2 aromatic rings. The minimum atomic E-state index is -0.304. The Morgan fingerprint density at radius 1 is 1.21 bits per heavy atom. The summed E-state index contributed by atoms with van der Waals surface area (Å²) in [6.07, 6.45) is 5.35. The van der Waals surface area contributed by atoms with Crippen molar-refractivity contribution < 1.29 is 4.79 Å². The number of aryl methyl sites for hydroxylation is 1. The second-order valence-corrected chi connectivity index (χ2v) is 7.67. The smallest absolute Gasteiger partial charge is 0.244 e. The molecule has 1 aliphatic rings. The molecule has 1 aromatic carbocycles. The minimum Gasteiger partial charge on any atom is -0.341 e. The molecule has 0 aliphatic carbocycles. The molecule has 1 aromatic heterocycles. The molecular formula is C19H25N3OS. The van der Waals surface area contributed by atoms with E-state index in [9.17, 15) is 4.79 Å². The molecule has 5 heteroatoms.